The fourth-order valence-corrected chi connectivity index (χ4v) is 4.88. The highest BCUT2D eigenvalue weighted by molar-refractivity contribution is 6.00. The molecule has 0 aromatic heterocycles. The third-order valence-corrected chi connectivity index (χ3v) is 6.13. The molecule has 2 aliphatic heterocycles. The molecule has 0 aliphatic carbocycles. The molecule has 1 amide bonds. The minimum atomic E-state index is -1.68. The van der Waals surface area contributed by atoms with Gasteiger partial charge in [0, 0.05) is 6.42 Å². The molecular weight excluding hydrogens is 410 g/mol. The number of carbonyl (C=O) groups is 4. The molecule has 0 unspecified atom stereocenters. The van der Waals surface area contributed by atoms with Gasteiger partial charge >= 0.3 is 17.9 Å². The van der Waals surface area contributed by atoms with Crippen molar-refractivity contribution >= 4 is 23.8 Å². The number of nitrogens with zero attached hydrogens (tertiary/aromatic N) is 1. The second kappa shape index (κ2) is 8.44. The van der Waals surface area contributed by atoms with Crippen molar-refractivity contribution in [2.75, 3.05) is 35.5 Å². The molecule has 0 spiro atoms. The molecule has 2 heterocycles. The monoisotopic (exact) mass is 435 g/mol. The average Bonchev–Trinajstić information content (AvgIpc) is 3.30. The maximum Gasteiger partial charge on any atom is 0.332 e. The number of fused-ring (bicyclic) bond motifs is 1. The Morgan fingerprint density at radius 3 is 2.13 bits per heavy atom. The Bertz CT molecular complexity index is 914. The molecule has 0 bridgehead atoms. The summed E-state index contributed by atoms with van der Waals surface area (Å²) < 4.78 is 25.6. The maximum atomic E-state index is 13.0. The van der Waals surface area contributed by atoms with E-state index in [9.17, 15) is 19.2 Å². The molecular formula is C21H25NO9. The highest BCUT2D eigenvalue weighted by Crippen LogP contribution is 2.57. The predicted molar refractivity (Wildman–Crippen MR) is 104 cm³/mol. The Labute approximate surface area is 179 Å². The van der Waals surface area contributed by atoms with E-state index in [1.807, 2.05) is 0 Å². The number of carbonyl (C=O) groups excluding carboxylic acids is 4. The number of amides is 1. The summed E-state index contributed by atoms with van der Waals surface area (Å²) >= 11 is 0. The first-order valence-electron chi connectivity index (χ1n) is 9.60. The van der Waals surface area contributed by atoms with Crippen LogP contribution in [-0.4, -0.2) is 69.8 Å². The lowest BCUT2D eigenvalue weighted by Crippen LogP contribution is -2.55. The smallest absolute Gasteiger partial charge is 0.332 e. The number of methoxy groups -OCH3 is 5. The first-order chi connectivity index (χ1) is 14.8. The van der Waals surface area contributed by atoms with Gasteiger partial charge in [-0.05, 0) is 24.1 Å². The molecule has 2 fully saturated rings. The summed E-state index contributed by atoms with van der Waals surface area (Å²) in [5.41, 5.74) is -1.21. The Kier molecular flexibility index (Phi) is 6.10. The van der Waals surface area contributed by atoms with Crippen LogP contribution < -0.4 is 9.47 Å². The molecule has 0 radical (unpaired) electrons. The molecule has 2 saturated heterocycles. The summed E-state index contributed by atoms with van der Waals surface area (Å²) in [6.07, 6.45) is 0.0236. The van der Waals surface area contributed by atoms with Gasteiger partial charge in [-0.25, -0.2) is 4.79 Å². The number of esters is 3. The predicted octanol–water partition coefficient (Wildman–Crippen LogP) is 0.871. The van der Waals surface area contributed by atoms with Gasteiger partial charge in [0.2, 0.25) is 5.91 Å². The highest BCUT2D eigenvalue weighted by Gasteiger charge is 2.72. The number of benzene rings is 1. The SMILES string of the molecule is COC(=O)[C@H]1[C@@H](C(=O)OC)[C@]2(C(=O)OC)CCC(=O)N2[C@H]1c1ccc(OC)c(OC)c1. The van der Waals surface area contributed by atoms with Crippen LogP contribution in [0.5, 0.6) is 11.5 Å². The molecule has 31 heavy (non-hydrogen) atoms. The third-order valence-electron chi connectivity index (χ3n) is 6.13. The van der Waals surface area contributed by atoms with Gasteiger partial charge < -0.3 is 28.6 Å². The molecule has 10 heteroatoms. The first-order valence-corrected chi connectivity index (χ1v) is 9.60. The van der Waals surface area contributed by atoms with E-state index in [4.69, 9.17) is 23.7 Å². The lowest BCUT2D eigenvalue weighted by molar-refractivity contribution is -0.167. The van der Waals surface area contributed by atoms with E-state index >= 15 is 0 Å². The highest BCUT2D eigenvalue weighted by atomic mass is 16.5. The molecule has 0 saturated carbocycles. The lowest BCUT2D eigenvalue weighted by Gasteiger charge is -2.34. The van der Waals surface area contributed by atoms with Crippen molar-refractivity contribution < 1.29 is 42.9 Å². The van der Waals surface area contributed by atoms with Crippen LogP contribution in [0.2, 0.25) is 0 Å². The van der Waals surface area contributed by atoms with E-state index in [1.54, 1.807) is 18.2 Å². The van der Waals surface area contributed by atoms with Crippen LogP contribution in [-0.2, 0) is 33.4 Å². The summed E-state index contributed by atoms with van der Waals surface area (Å²) in [5, 5.41) is 0. The van der Waals surface area contributed by atoms with E-state index in [-0.39, 0.29) is 18.7 Å². The molecule has 168 valence electrons. The van der Waals surface area contributed by atoms with Crippen LogP contribution in [0, 0.1) is 11.8 Å². The van der Waals surface area contributed by atoms with E-state index in [1.165, 1.54) is 33.3 Å². The zero-order valence-corrected chi connectivity index (χ0v) is 18.0. The zero-order chi connectivity index (χ0) is 22.9. The zero-order valence-electron chi connectivity index (χ0n) is 18.0. The van der Waals surface area contributed by atoms with Crippen molar-refractivity contribution in [3.05, 3.63) is 23.8 Å². The van der Waals surface area contributed by atoms with Gasteiger partial charge in [-0.15, -0.1) is 0 Å². The number of ether oxygens (including phenoxy) is 5. The second-order valence-corrected chi connectivity index (χ2v) is 7.29. The van der Waals surface area contributed by atoms with E-state index in [2.05, 4.69) is 0 Å². The van der Waals surface area contributed by atoms with E-state index in [0.29, 0.717) is 17.1 Å². The van der Waals surface area contributed by atoms with Crippen molar-refractivity contribution in [1.82, 2.24) is 4.90 Å². The van der Waals surface area contributed by atoms with Crippen molar-refractivity contribution in [3.8, 4) is 11.5 Å². The topological polar surface area (TPSA) is 118 Å². The molecule has 0 N–H and O–H groups in total. The Morgan fingerprint density at radius 1 is 0.935 bits per heavy atom. The van der Waals surface area contributed by atoms with Gasteiger partial charge in [-0.1, -0.05) is 6.07 Å². The largest absolute Gasteiger partial charge is 0.493 e. The summed E-state index contributed by atoms with van der Waals surface area (Å²) in [4.78, 5) is 53.1. The molecule has 1 aromatic rings. The number of hydrogen-bond donors (Lipinski definition) is 0. The van der Waals surface area contributed by atoms with Gasteiger partial charge in [0.25, 0.3) is 0 Å². The van der Waals surface area contributed by atoms with Gasteiger partial charge in [-0.3, -0.25) is 14.4 Å². The molecule has 2 aliphatic rings. The number of rotatable bonds is 6. The summed E-state index contributed by atoms with van der Waals surface area (Å²) in [6.45, 7) is 0. The van der Waals surface area contributed by atoms with Crippen LogP contribution in [0.25, 0.3) is 0 Å². The molecule has 3 rings (SSSR count). The molecule has 10 nitrogen and oxygen atoms in total. The van der Waals surface area contributed by atoms with E-state index < -0.39 is 41.3 Å². The average molecular weight is 435 g/mol. The van der Waals surface area contributed by atoms with Gasteiger partial charge in [0.15, 0.2) is 17.0 Å². The van der Waals surface area contributed by atoms with Crippen LogP contribution in [0.15, 0.2) is 18.2 Å². The van der Waals surface area contributed by atoms with Gasteiger partial charge in [-0.2, -0.15) is 0 Å². The van der Waals surface area contributed by atoms with Crippen LogP contribution in [0.1, 0.15) is 24.4 Å². The summed E-state index contributed by atoms with van der Waals surface area (Å²) in [6, 6.07) is 3.89. The normalized spacial score (nSPS) is 26.8. The van der Waals surface area contributed by atoms with Crippen LogP contribution in [0.3, 0.4) is 0 Å². The Balaban J connectivity index is 2.30. The van der Waals surface area contributed by atoms with E-state index in [0.717, 1.165) is 7.11 Å². The molecule has 4 atom stereocenters. The lowest BCUT2D eigenvalue weighted by atomic mass is 9.76. The van der Waals surface area contributed by atoms with Crippen molar-refractivity contribution in [2.45, 2.75) is 24.4 Å². The summed E-state index contributed by atoms with van der Waals surface area (Å²) in [7, 11) is 6.43. The van der Waals surface area contributed by atoms with Crippen molar-refractivity contribution in [2.24, 2.45) is 11.8 Å². The minimum absolute atomic E-state index is 0.00948. The third kappa shape index (κ3) is 3.17. The Hall–Kier alpha value is -3.30. The Morgan fingerprint density at radius 2 is 1.58 bits per heavy atom. The van der Waals surface area contributed by atoms with Crippen LogP contribution in [0.4, 0.5) is 0 Å². The minimum Gasteiger partial charge on any atom is -0.493 e. The van der Waals surface area contributed by atoms with Crippen molar-refractivity contribution in [3.63, 3.8) is 0 Å². The quantitative estimate of drug-likeness (QED) is 0.474. The molecule has 1 aromatic carbocycles. The van der Waals surface area contributed by atoms with Gasteiger partial charge in [0.05, 0.1) is 47.5 Å². The van der Waals surface area contributed by atoms with Crippen molar-refractivity contribution in [1.29, 1.82) is 0 Å². The van der Waals surface area contributed by atoms with Gasteiger partial charge in [0.1, 0.15) is 5.92 Å². The fourth-order valence-electron chi connectivity index (χ4n) is 4.88. The first kappa shape index (κ1) is 22.4. The standard InChI is InChI=1S/C21H25NO9/c1-27-12-7-6-11(10-13(12)28-2)17-15(18(24)29-3)16(19(25)30-4)21(20(26)31-5)9-8-14(23)22(17)21/h6-7,10,15-17H,8-9H2,1-5H3/t15-,16-,17-,21-/m0/s1. The second-order valence-electron chi connectivity index (χ2n) is 7.29. The maximum absolute atomic E-state index is 13.0. The number of hydrogen-bond acceptors (Lipinski definition) is 9. The summed E-state index contributed by atoms with van der Waals surface area (Å²) in [5.74, 6) is -4.42. The fraction of sp³-hybridized carbons (Fsp3) is 0.524. The van der Waals surface area contributed by atoms with Crippen LogP contribution >= 0.6 is 0 Å².